The lowest BCUT2D eigenvalue weighted by atomic mass is 9.91. The van der Waals surface area contributed by atoms with E-state index in [9.17, 15) is 0 Å². The van der Waals surface area contributed by atoms with Crippen molar-refractivity contribution in [3.63, 3.8) is 0 Å². The van der Waals surface area contributed by atoms with Crippen LogP contribution in [0.2, 0.25) is 0 Å². The van der Waals surface area contributed by atoms with Gasteiger partial charge in [0, 0.05) is 31.1 Å². The largest absolute Gasteiger partial charge is 0.370 e. The van der Waals surface area contributed by atoms with Gasteiger partial charge in [0.25, 0.3) is 0 Å². The van der Waals surface area contributed by atoms with E-state index in [1.807, 2.05) is 0 Å². The number of ether oxygens (including phenoxy) is 1. The van der Waals surface area contributed by atoms with Gasteiger partial charge in [-0.1, -0.05) is 12.8 Å². The van der Waals surface area contributed by atoms with Gasteiger partial charge < -0.3 is 21.1 Å². The average molecular weight is 289 g/mol. The molecule has 6 nitrogen and oxygen atoms in total. The fourth-order valence-corrected chi connectivity index (χ4v) is 3.99. The number of fused-ring (bicyclic) bond motifs is 1. The van der Waals surface area contributed by atoms with Gasteiger partial charge in [0.1, 0.15) is 5.82 Å². The van der Waals surface area contributed by atoms with Gasteiger partial charge in [-0.25, -0.2) is 4.98 Å². The van der Waals surface area contributed by atoms with Crippen molar-refractivity contribution in [2.45, 2.75) is 56.8 Å². The lowest BCUT2D eigenvalue weighted by Gasteiger charge is -2.36. The second kappa shape index (κ2) is 4.81. The minimum absolute atomic E-state index is 0.00642. The quantitative estimate of drug-likeness (QED) is 0.801. The van der Waals surface area contributed by atoms with Crippen molar-refractivity contribution in [2.75, 3.05) is 23.7 Å². The highest BCUT2D eigenvalue weighted by molar-refractivity contribution is 5.53. The second-order valence-corrected chi connectivity index (χ2v) is 6.68. The molecule has 1 atom stereocenters. The molecule has 0 bridgehead atoms. The van der Waals surface area contributed by atoms with Crippen molar-refractivity contribution in [3.8, 4) is 0 Å². The number of anilines is 2. The van der Waals surface area contributed by atoms with Crippen LogP contribution in [0.1, 0.15) is 43.4 Å². The van der Waals surface area contributed by atoms with E-state index in [2.05, 4.69) is 14.9 Å². The molecule has 0 unspecified atom stereocenters. The first kappa shape index (κ1) is 13.3. The molecule has 1 aliphatic carbocycles. The molecule has 21 heavy (non-hydrogen) atoms. The van der Waals surface area contributed by atoms with E-state index in [0.717, 1.165) is 55.8 Å². The monoisotopic (exact) mass is 289 g/mol. The van der Waals surface area contributed by atoms with Crippen LogP contribution in [-0.4, -0.2) is 34.7 Å². The number of hydrogen-bond acceptors (Lipinski definition) is 6. The minimum atomic E-state index is 0.00642. The molecule has 3 aliphatic rings. The first-order valence-electron chi connectivity index (χ1n) is 7.95. The summed E-state index contributed by atoms with van der Waals surface area (Å²) in [4.78, 5) is 11.2. The summed E-state index contributed by atoms with van der Waals surface area (Å²) in [5, 5.41) is 0. The maximum Gasteiger partial charge on any atom is 0.222 e. The molecule has 2 fully saturated rings. The van der Waals surface area contributed by atoms with Crippen LogP contribution in [-0.2, 0) is 17.8 Å². The van der Waals surface area contributed by atoms with Gasteiger partial charge >= 0.3 is 0 Å². The number of hydrogen-bond donors (Lipinski definition) is 2. The molecule has 0 radical (unpaired) electrons. The molecular weight excluding hydrogens is 266 g/mol. The van der Waals surface area contributed by atoms with Crippen LogP contribution in [0.3, 0.4) is 0 Å². The Bertz CT molecular complexity index is 555. The number of nitrogen functional groups attached to an aromatic ring is 1. The summed E-state index contributed by atoms with van der Waals surface area (Å²) >= 11 is 0. The molecule has 6 heteroatoms. The van der Waals surface area contributed by atoms with Crippen molar-refractivity contribution in [2.24, 2.45) is 5.73 Å². The standard InChI is InChI=1S/C15H23N5O/c16-10-3-6-20(8-10)13-11-9-21-15(4-1-2-5-15)7-12(11)18-14(17)19-13/h10H,1-9,16H2,(H2,17,18,19)/t10-/m1/s1. The summed E-state index contributed by atoms with van der Waals surface area (Å²) in [6, 6.07) is 0.225. The van der Waals surface area contributed by atoms with E-state index in [1.165, 1.54) is 12.8 Å². The van der Waals surface area contributed by atoms with Crippen molar-refractivity contribution in [3.05, 3.63) is 11.3 Å². The third-order valence-corrected chi connectivity index (χ3v) is 5.14. The number of aromatic nitrogens is 2. The number of nitrogens with zero attached hydrogens (tertiary/aromatic N) is 3. The van der Waals surface area contributed by atoms with Crippen LogP contribution in [0.15, 0.2) is 0 Å². The molecule has 3 heterocycles. The Hall–Kier alpha value is -1.40. The van der Waals surface area contributed by atoms with Gasteiger partial charge in [-0.3, -0.25) is 0 Å². The second-order valence-electron chi connectivity index (χ2n) is 6.68. The first-order valence-corrected chi connectivity index (χ1v) is 7.95. The Morgan fingerprint density at radius 2 is 2.05 bits per heavy atom. The highest BCUT2D eigenvalue weighted by atomic mass is 16.5. The van der Waals surface area contributed by atoms with E-state index in [4.69, 9.17) is 16.2 Å². The summed E-state index contributed by atoms with van der Waals surface area (Å²) in [7, 11) is 0. The van der Waals surface area contributed by atoms with E-state index < -0.39 is 0 Å². The SMILES string of the molecule is Nc1nc2c(c(N3CC[C@@H](N)C3)n1)COC1(CCCC1)C2. The van der Waals surface area contributed by atoms with Gasteiger partial charge in [-0.05, 0) is 19.3 Å². The molecule has 4 N–H and O–H groups in total. The van der Waals surface area contributed by atoms with Gasteiger partial charge in [-0.2, -0.15) is 4.98 Å². The molecule has 2 aliphatic heterocycles. The molecule has 4 rings (SSSR count). The first-order chi connectivity index (χ1) is 10.2. The Kier molecular flexibility index (Phi) is 3.04. The normalized spacial score (nSPS) is 27.3. The van der Waals surface area contributed by atoms with Crippen molar-refractivity contribution < 1.29 is 4.74 Å². The summed E-state index contributed by atoms with van der Waals surface area (Å²) in [5.41, 5.74) is 14.2. The molecule has 1 spiro atoms. The van der Waals surface area contributed by atoms with Crippen molar-refractivity contribution in [1.29, 1.82) is 0 Å². The Balaban J connectivity index is 1.69. The van der Waals surface area contributed by atoms with Crippen LogP contribution in [0.5, 0.6) is 0 Å². The maximum atomic E-state index is 6.24. The minimum Gasteiger partial charge on any atom is -0.370 e. The fraction of sp³-hybridized carbons (Fsp3) is 0.733. The zero-order valence-electron chi connectivity index (χ0n) is 12.3. The summed E-state index contributed by atoms with van der Waals surface area (Å²) in [6.45, 7) is 2.39. The van der Waals surface area contributed by atoms with Crippen molar-refractivity contribution >= 4 is 11.8 Å². The van der Waals surface area contributed by atoms with Crippen molar-refractivity contribution in [1.82, 2.24) is 9.97 Å². The predicted molar refractivity (Wildman–Crippen MR) is 80.9 cm³/mol. The zero-order chi connectivity index (χ0) is 14.4. The third-order valence-electron chi connectivity index (χ3n) is 5.14. The summed E-state index contributed by atoms with van der Waals surface area (Å²) < 4.78 is 6.24. The molecule has 1 aromatic rings. The molecule has 1 aromatic heterocycles. The van der Waals surface area contributed by atoms with Gasteiger partial charge in [-0.15, -0.1) is 0 Å². The van der Waals surface area contributed by atoms with Crippen LogP contribution in [0.4, 0.5) is 11.8 Å². The smallest absolute Gasteiger partial charge is 0.222 e. The summed E-state index contributed by atoms with van der Waals surface area (Å²) in [5.74, 6) is 1.32. The van der Waals surface area contributed by atoms with E-state index in [1.54, 1.807) is 0 Å². The van der Waals surface area contributed by atoms with E-state index in [-0.39, 0.29) is 11.6 Å². The number of nitrogens with two attached hydrogens (primary N) is 2. The molecular formula is C15H23N5O. The molecule has 0 aromatic carbocycles. The predicted octanol–water partition coefficient (Wildman–Crippen LogP) is 0.982. The highest BCUT2D eigenvalue weighted by Crippen LogP contribution is 2.42. The zero-order valence-corrected chi connectivity index (χ0v) is 12.3. The number of rotatable bonds is 1. The highest BCUT2D eigenvalue weighted by Gasteiger charge is 2.40. The topological polar surface area (TPSA) is 90.3 Å². The van der Waals surface area contributed by atoms with Crippen LogP contribution in [0.25, 0.3) is 0 Å². The molecule has 0 amide bonds. The van der Waals surface area contributed by atoms with E-state index >= 15 is 0 Å². The molecule has 114 valence electrons. The Labute approximate surface area is 124 Å². The van der Waals surface area contributed by atoms with Gasteiger partial charge in [0.2, 0.25) is 5.95 Å². The Morgan fingerprint density at radius 1 is 1.24 bits per heavy atom. The van der Waals surface area contributed by atoms with Crippen LogP contribution in [0, 0.1) is 0 Å². The lowest BCUT2D eigenvalue weighted by Crippen LogP contribution is -2.38. The lowest BCUT2D eigenvalue weighted by molar-refractivity contribution is -0.0633. The summed E-state index contributed by atoms with van der Waals surface area (Å²) in [6.07, 6.45) is 6.67. The molecule has 1 saturated heterocycles. The van der Waals surface area contributed by atoms with Gasteiger partial charge in [0.15, 0.2) is 0 Å². The Morgan fingerprint density at radius 3 is 2.76 bits per heavy atom. The average Bonchev–Trinajstić information content (AvgIpc) is 3.07. The van der Waals surface area contributed by atoms with Crippen LogP contribution < -0.4 is 16.4 Å². The van der Waals surface area contributed by atoms with Crippen LogP contribution >= 0.6 is 0 Å². The van der Waals surface area contributed by atoms with Gasteiger partial charge in [0.05, 0.1) is 17.9 Å². The molecule has 1 saturated carbocycles. The third kappa shape index (κ3) is 2.26. The maximum absolute atomic E-state index is 6.24. The fourth-order valence-electron chi connectivity index (χ4n) is 3.99. The van der Waals surface area contributed by atoms with E-state index in [0.29, 0.717) is 12.6 Å².